The van der Waals surface area contributed by atoms with Crippen LogP contribution in [0.25, 0.3) is 0 Å². The standard InChI is InChI=1S/C14H19NO2S/c1-4-8-12(2)17-14(16)11-15(3)18-13-9-6-5-7-10-13/h4-7,9-10,12H,1,8,11H2,2-3H3. The first-order chi connectivity index (χ1) is 8.61. The lowest BCUT2D eigenvalue weighted by atomic mass is 10.3. The van der Waals surface area contributed by atoms with E-state index in [0.717, 1.165) is 4.90 Å². The molecule has 0 amide bonds. The van der Waals surface area contributed by atoms with Crippen LogP contribution in [0.2, 0.25) is 0 Å². The minimum Gasteiger partial charge on any atom is -0.461 e. The zero-order valence-electron chi connectivity index (χ0n) is 10.8. The van der Waals surface area contributed by atoms with Gasteiger partial charge in [0.15, 0.2) is 0 Å². The molecule has 0 saturated heterocycles. The van der Waals surface area contributed by atoms with Gasteiger partial charge in [-0.3, -0.25) is 4.79 Å². The van der Waals surface area contributed by atoms with E-state index in [4.69, 9.17) is 4.74 Å². The molecule has 0 saturated carbocycles. The number of likely N-dealkylation sites (N-methyl/N-ethyl adjacent to an activating group) is 1. The molecule has 0 heterocycles. The first-order valence-electron chi connectivity index (χ1n) is 5.86. The molecule has 1 atom stereocenters. The molecule has 0 radical (unpaired) electrons. The number of hydrogen-bond donors (Lipinski definition) is 0. The number of rotatable bonds is 7. The topological polar surface area (TPSA) is 29.5 Å². The van der Waals surface area contributed by atoms with Crippen molar-refractivity contribution in [3.8, 4) is 0 Å². The summed E-state index contributed by atoms with van der Waals surface area (Å²) in [4.78, 5) is 12.7. The van der Waals surface area contributed by atoms with Gasteiger partial charge in [-0.05, 0) is 38.1 Å². The molecule has 18 heavy (non-hydrogen) atoms. The van der Waals surface area contributed by atoms with E-state index in [1.807, 2.05) is 48.6 Å². The Morgan fingerprint density at radius 2 is 2.17 bits per heavy atom. The fourth-order valence-corrected chi connectivity index (χ4v) is 2.23. The lowest BCUT2D eigenvalue weighted by molar-refractivity contribution is -0.147. The van der Waals surface area contributed by atoms with E-state index < -0.39 is 0 Å². The van der Waals surface area contributed by atoms with Gasteiger partial charge in [0, 0.05) is 11.3 Å². The third-order valence-corrected chi connectivity index (χ3v) is 3.11. The van der Waals surface area contributed by atoms with Crippen LogP contribution in [-0.2, 0) is 9.53 Å². The molecule has 1 aromatic rings. The SMILES string of the molecule is C=CCC(C)OC(=O)CN(C)Sc1ccccc1. The molecule has 0 aliphatic rings. The second-order valence-corrected chi connectivity index (χ2v) is 5.29. The number of carbonyl (C=O) groups is 1. The summed E-state index contributed by atoms with van der Waals surface area (Å²) in [6.07, 6.45) is 2.33. The number of hydrogen-bond acceptors (Lipinski definition) is 4. The highest BCUT2D eigenvalue weighted by atomic mass is 32.2. The monoisotopic (exact) mass is 265 g/mol. The zero-order chi connectivity index (χ0) is 13.4. The van der Waals surface area contributed by atoms with Crippen molar-refractivity contribution in [2.75, 3.05) is 13.6 Å². The van der Waals surface area contributed by atoms with Crippen molar-refractivity contribution in [3.63, 3.8) is 0 Å². The molecule has 0 fully saturated rings. The molecule has 1 rings (SSSR count). The smallest absolute Gasteiger partial charge is 0.321 e. The minimum absolute atomic E-state index is 0.106. The number of ether oxygens (including phenoxy) is 1. The van der Waals surface area contributed by atoms with E-state index >= 15 is 0 Å². The molecule has 1 unspecified atom stereocenters. The Hall–Kier alpha value is -1.26. The van der Waals surface area contributed by atoms with Crippen molar-refractivity contribution in [2.24, 2.45) is 0 Å². The predicted molar refractivity (Wildman–Crippen MR) is 75.3 cm³/mol. The Morgan fingerprint density at radius 1 is 1.50 bits per heavy atom. The van der Waals surface area contributed by atoms with Crippen LogP contribution in [0.4, 0.5) is 0 Å². The molecule has 98 valence electrons. The average molecular weight is 265 g/mol. The van der Waals surface area contributed by atoms with Crippen molar-refractivity contribution in [1.82, 2.24) is 4.31 Å². The van der Waals surface area contributed by atoms with Gasteiger partial charge in [-0.25, -0.2) is 4.31 Å². The maximum Gasteiger partial charge on any atom is 0.321 e. The zero-order valence-corrected chi connectivity index (χ0v) is 11.7. The highest BCUT2D eigenvalue weighted by Crippen LogP contribution is 2.20. The molecule has 0 bridgehead atoms. The first-order valence-corrected chi connectivity index (χ1v) is 6.63. The number of benzene rings is 1. The number of esters is 1. The number of carbonyl (C=O) groups excluding carboxylic acids is 1. The second-order valence-electron chi connectivity index (χ2n) is 4.02. The van der Waals surface area contributed by atoms with Gasteiger partial charge >= 0.3 is 5.97 Å². The van der Waals surface area contributed by atoms with Crippen molar-refractivity contribution in [2.45, 2.75) is 24.3 Å². The van der Waals surface area contributed by atoms with Crippen LogP contribution in [0, 0.1) is 0 Å². The fraction of sp³-hybridized carbons (Fsp3) is 0.357. The normalized spacial score (nSPS) is 12.2. The Kier molecular flexibility index (Phi) is 6.54. The third kappa shape index (κ3) is 5.89. The summed E-state index contributed by atoms with van der Waals surface area (Å²) >= 11 is 1.52. The van der Waals surface area contributed by atoms with E-state index in [1.54, 1.807) is 6.08 Å². The van der Waals surface area contributed by atoms with E-state index in [1.165, 1.54) is 11.9 Å². The van der Waals surface area contributed by atoms with Crippen LogP contribution in [0.1, 0.15) is 13.3 Å². The van der Waals surface area contributed by atoms with Gasteiger partial charge in [-0.15, -0.1) is 6.58 Å². The maximum atomic E-state index is 11.6. The Labute approximate surface area is 113 Å². The highest BCUT2D eigenvalue weighted by molar-refractivity contribution is 7.97. The summed E-state index contributed by atoms with van der Waals surface area (Å²) in [6.45, 7) is 5.75. The Balaban J connectivity index is 2.33. The molecule has 1 aromatic carbocycles. The fourth-order valence-electron chi connectivity index (χ4n) is 1.42. The summed E-state index contributed by atoms with van der Waals surface area (Å²) in [7, 11) is 1.87. The van der Waals surface area contributed by atoms with E-state index in [9.17, 15) is 4.79 Å². The van der Waals surface area contributed by atoms with Crippen LogP contribution in [-0.4, -0.2) is 30.0 Å². The van der Waals surface area contributed by atoms with E-state index in [2.05, 4.69) is 6.58 Å². The van der Waals surface area contributed by atoms with Crippen molar-refractivity contribution in [3.05, 3.63) is 43.0 Å². The molecule has 0 N–H and O–H groups in total. The molecule has 4 heteroatoms. The summed E-state index contributed by atoms with van der Waals surface area (Å²) in [5.41, 5.74) is 0. The van der Waals surface area contributed by atoms with Gasteiger partial charge in [0.25, 0.3) is 0 Å². The molecule has 0 aromatic heterocycles. The number of nitrogens with zero attached hydrogens (tertiary/aromatic N) is 1. The summed E-state index contributed by atoms with van der Waals surface area (Å²) in [5.74, 6) is -0.213. The van der Waals surface area contributed by atoms with E-state index in [0.29, 0.717) is 6.42 Å². The largest absolute Gasteiger partial charge is 0.461 e. The molecule has 0 aliphatic heterocycles. The Morgan fingerprint density at radius 3 is 2.78 bits per heavy atom. The van der Waals surface area contributed by atoms with Crippen LogP contribution >= 0.6 is 11.9 Å². The highest BCUT2D eigenvalue weighted by Gasteiger charge is 2.11. The van der Waals surface area contributed by atoms with Crippen molar-refractivity contribution < 1.29 is 9.53 Å². The van der Waals surface area contributed by atoms with Crippen molar-refractivity contribution in [1.29, 1.82) is 0 Å². The summed E-state index contributed by atoms with van der Waals surface area (Å²) in [5, 5.41) is 0. The average Bonchev–Trinajstić information content (AvgIpc) is 2.29. The second kappa shape index (κ2) is 7.95. The molecule has 3 nitrogen and oxygen atoms in total. The molecular weight excluding hydrogens is 246 g/mol. The predicted octanol–water partition coefficient (Wildman–Crippen LogP) is 3.13. The quantitative estimate of drug-likeness (QED) is 0.430. The summed E-state index contributed by atoms with van der Waals surface area (Å²) in [6, 6.07) is 9.93. The summed E-state index contributed by atoms with van der Waals surface area (Å²) < 4.78 is 7.09. The van der Waals surface area contributed by atoms with Gasteiger partial charge in [-0.2, -0.15) is 0 Å². The molecule has 0 aliphatic carbocycles. The van der Waals surface area contributed by atoms with Gasteiger partial charge in [0.05, 0.1) is 0 Å². The van der Waals surface area contributed by atoms with Gasteiger partial charge in [-0.1, -0.05) is 24.3 Å². The first kappa shape index (κ1) is 14.8. The maximum absolute atomic E-state index is 11.6. The van der Waals surface area contributed by atoms with Gasteiger partial charge < -0.3 is 4.74 Å². The minimum atomic E-state index is -0.213. The third-order valence-electron chi connectivity index (χ3n) is 2.19. The molecular formula is C14H19NO2S. The lowest BCUT2D eigenvalue weighted by Gasteiger charge is -2.16. The molecule has 0 spiro atoms. The van der Waals surface area contributed by atoms with E-state index in [-0.39, 0.29) is 18.6 Å². The van der Waals surface area contributed by atoms with Gasteiger partial charge in [0.1, 0.15) is 12.6 Å². The van der Waals surface area contributed by atoms with Crippen molar-refractivity contribution >= 4 is 17.9 Å². The van der Waals surface area contributed by atoms with Crippen LogP contribution < -0.4 is 0 Å². The lowest BCUT2D eigenvalue weighted by Crippen LogP contribution is -2.25. The van der Waals surface area contributed by atoms with Gasteiger partial charge in [0.2, 0.25) is 0 Å². The van der Waals surface area contributed by atoms with Crippen LogP contribution in [0.5, 0.6) is 0 Å². The van der Waals surface area contributed by atoms with Crippen LogP contribution in [0.3, 0.4) is 0 Å². The Bertz CT molecular complexity index is 381. The van der Waals surface area contributed by atoms with Crippen LogP contribution in [0.15, 0.2) is 47.9 Å².